The molecule has 1 saturated carbocycles. The topological polar surface area (TPSA) is 23.8 Å². The van der Waals surface area contributed by atoms with Crippen LogP contribution in [0.5, 0.6) is 0 Å². The minimum absolute atomic E-state index is 0.138. The van der Waals surface area contributed by atoms with E-state index in [0.29, 0.717) is 5.92 Å². The highest BCUT2D eigenvalue weighted by atomic mass is 19.1. The molecule has 0 radical (unpaired) electrons. The molecular weight excluding hydrogens is 225 g/mol. The second-order valence-electron chi connectivity index (χ2n) is 5.09. The van der Waals surface area contributed by atoms with Crippen molar-refractivity contribution in [2.24, 2.45) is 5.92 Å². The molecular formula is C16H18FN. The number of hydrogen-bond acceptors (Lipinski definition) is 1. The minimum Gasteiger partial charge on any atom is -0.206 e. The lowest BCUT2D eigenvalue weighted by Crippen LogP contribution is -2.13. The second kappa shape index (κ2) is 5.82. The number of allylic oxidation sites excluding steroid dienone is 1. The van der Waals surface area contributed by atoms with Crippen LogP contribution in [-0.4, -0.2) is 0 Å². The minimum atomic E-state index is -0.386. The van der Waals surface area contributed by atoms with Crippen LogP contribution in [0.1, 0.15) is 49.1 Å². The Bertz CT molecular complexity index is 464. The number of rotatable bonds is 3. The Kier molecular flexibility index (Phi) is 4.15. The molecule has 0 spiro atoms. The molecule has 0 unspecified atom stereocenters. The van der Waals surface area contributed by atoms with E-state index in [1.807, 2.05) is 18.2 Å². The fourth-order valence-electron chi connectivity index (χ4n) is 2.84. The molecule has 94 valence electrons. The summed E-state index contributed by atoms with van der Waals surface area (Å²) in [6, 6.07) is 6.90. The maximum Gasteiger partial charge on any atom is 0.141 e. The molecule has 2 rings (SSSR count). The van der Waals surface area contributed by atoms with Crippen molar-refractivity contribution < 1.29 is 4.39 Å². The molecule has 1 nitrogen and oxygen atoms in total. The van der Waals surface area contributed by atoms with Gasteiger partial charge < -0.3 is 0 Å². The zero-order valence-corrected chi connectivity index (χ0v) is 10.5. The Balaban J connectivity index is 2.04. The van der Waals surface area contributed by atoms with Crippen LogP contribution >= 0.6 is 0 Å². The van der Waals surface area contributed by atoms with E-state index in [2.05, 4.69) is 6.58 Å². The summed E-state index contributed by atoms with van der Waals surface area (Å²) >= 11 is 0. The summed E-state index contributed by atoms with van der Waals surface area (Å²) in [7, 11) is 0. The first kappa shape index (κ1) is 12.8. The summed E-state index contributed by atoms with van der Waals surface area (Å²) in [5.41, 5.74) is 1.18. The van der Waals surface area contributed by atoms with Crippen molar-refractivity contribution in [3.63, 3.8) is 0 Å². The van der Waals surface area contributed by atoms with Gasteiger partial charge in [-0.1, -0.05) is 12.1 Å². The van der Waals surface area contributed by atoms with Gasteiger partial charge in [-0.3, -0.25) is 0 Å². The Labute approximate surface area is 108 Å². The molecule has 0 N–H and O–H groups in total. The lowest BCUT2D eigenvalue weighted by Gasteiger charge is -2.28. The van der Waals surface area contributed by atoms with E-state index in [0.717, 1.165) is 30.7 Å². The lowest BCUT2D eigenvalue weighted by molar-refractivity contribution is 0.328. The zero-order valence-electron chi connectivity index (χ0n) is 10.5. The molecule has 1 aromatic rings. The molecule has 18 heavy (non-hydrogen) atoms. The van der Waals surface area contributed by atoms with Gasteiger partial charge in [0.1, 0.15) is 11.9 Å². The molecule has 0 atom stereocenters. The standard InChI is InChI=1S/C16H18FN/c1-2-3-12-4-6-13(7-5-12)14-8-9-15(11-18)16(17)10-14/h2,8-10,12-13H,1,3-7H2/t12-,13-. The predicted molar refractivity (Wildman–Crippen MR) is 70.6 cm³/mol. The summed E-state index contributed by atoms with van der Waals surface area (Å²) in [4.78, 5) is 0. The smallest absolute Gasteiger partial charge is 0.141 e. The maximum absolute atomic E-state index is 13.6. The highest BCUT2D eigenvalue weighted by molar-refractivity contribution is 5.34. The van der Waals surface area contributed by atoms with Crippen molar-refractivity contribution in [1.82, 2.24) is 0 Å². The van der Waals surface area contributed by atoms with E-state index in [4.69, 9.17) is 5.26 Å². The largest absolute Gasteiger partial charge is 0.206 e. The Hall–Kier alpha value is -1.62. The van der Waals surface area contributed by atoms with Crippen LogP contribution in [-0.2, 0) is 0 Å². The van der Waals surface area contributed by atoms with Crippen molar-refractivity contribution in [3.8, 4) is 6.07 Å². The monoisotopic (exact) mass is 243 g/mol. The van der Waals surface area contributed by atoms with Crippen LogP contribution in [0.2, 0.25) is 0 Å². The van der Waals surface area contributed by atoms with E-state index < -0.39 is 0 Å². The zero-order chi connectivity index (χ0) is 13.0. The van der Waals surface area contributed by atoms with Crippen molar-refractivity contribution in [2.45, 2.75) is 38.0 Å². The van der Waals surface area contributed by atoms with Gasteiger partial charge in [-0.25, -0.2) is 4.39 Å². The van der Waals surface area contributed by atoms with Crippen LogP contribution in [0.25, 0.3) is 0 Å². The summed E-state index contributed by atoms with van der Waals surface area (Å²) in [6.45, 7) is 3.78. The van der Waals surface area contributed by atoms with E-state index in [-0.39, 0.29) is 11.4 Å². The van der Waals surface area contributed by atoms with Crippen molar-refractivity contribution in [2.75, 3.05) is 0 Å². The van der Waals surface area contributed by atoms with Gasteiger partial charge in [-0.2, -0.15) is 5.26 Å². The van der Waals surface area contributed by atoms with Crippen LogP contribution in [0.4, 0.5) is 4.39 Å². The van der Waals surface area contributed by atoms with Gasteiger partial charge in [0.25, 0.3) is 0 Å². The van der Waals surface area contributed by atoms with Gasteiger partial charge in [0, 0.05) is 0 Å². The Morgan fingerprint density at radius 2 is 2.06 bits per heavy atom. The average Bonchev–Trinajstić information content (AvgIpc) is 2.40. The summed E-state index contributed by atoms with van der Waals surface area (Å²) in [6.07, 6.45) is 7.70. The molecule has 0 aromatic heterocycles. The van der Waals surface area contributed by atoms with E-state index in [9.17, 15) is 4.39 Å². The van der Waals surface area contributed by atoms with E-state index >= 15 is 0 Å². The van der Waals surface area contributed by atoms with Crippen LogP contribution in [0.15, 0.2) is 30.9 Å². The van der Waals surface area contributed by atoms with E-state index in [1.165, 1.54) is 18.9 Å². The summed E-state index contributed by atoms with van der Waals surface area (Å²) < 4.78 is 13.6. The number of halogens is 1. The Morgan fingerprint density at radius 1 is 1.33 bits per heavy atom. The number of hydrogen-bond donors (Lipinski definition) is 0. The molecule has 1 aromatic carbocycles. The van der Waals surface area contributed by atoms with Crippen molar-refractivity contribution in [3.05, 3.63) is 47.8 Å². The summed E-state index contributed by atoms with van der Waals surface area (Å²) in [5.74, 6) is 0.818. The van der Waals surface area contributed by atoms with Crippen LogP contribution in [0, 0.1) is 23.1 Å². The van der Waals surface area contributed by atoms with Crippen molar-refractivity contribution in [1.29, 1.82) is 5.26 Å². The highest BCUT2D eigenvalue weighted by Crippen LogP contribution is 2.37. The van der Waals surface area contributed by atoms with E-state index in [1.54, 1.807) is 6.07 Å². The first-order valence-electron chi connectivity index (χ1n) is 6.55. The SMILES string of the molecule is C=CC[C@H]1CC[C@H](c2ccc(C#N)c(F)c2)CC1. The van der Waals surface area contributed by atoms with Gasteiger partial charge in [0.05, 0.1) is 5.56 Å². The van der Waals surface area contributed by atoms with Crippen LogP contribution in [0.3, 0.4) is 0 Å². The highest BCUT2D eigenvalue weighted by Gasteiger charge is 2.22. The van der Waals surface area contributed by atoms with Gasteiger partial charge in [-0.15, -0.1) is 6.58 Å². The van der Waals surface area contributed by atoms with Gasteiger partial charge >= 0.3 is 0 Å². The number of nitriles is 1. The first-order valence-corrected chi connectivity index (χ1v) is 6.55. The van der Waals surface area contributed by atoms with Gasteiger partial charge in [0.15, 0.2) is 0 Å². The number of nitrogens with zero attached hydrogens (tertiary/aromatic N) is 1. The third-order valence-electron chi connectivity index (χ3n) is 3.93. The lowest BCUT2D eigenvalue weighted by atomic mass is 9.77. The number of benzene rings is 1. The predicted octanol–water partition coefficient (Wildman–Crippen LogP) is 4.55. The van der Waals surface area contributed by atoms with Crippen molar-refractivity contribution >= 4 is 0 Å². The fraction of sp³-hybridized carbons (Fsp3) is 0.438. The fourth-order valence-corrected chi connectivity index (χ4v) is 2.84. The quantitative estimate of drug-likeness (QED) is 0.714. The Morgan fingerprint density at radius 3 is 2.61 bits per heavy atom. The third-order valence-corrected chi connectivity index (χ3v) is 3.93. The molecule has 1 aliphatic rings. The molecule has 0 aliphatic heterocycles. The molecule has 1 aliphatic carbocycles. The van der Waals surface area contributed by atoms with Gasteiger partial charge in [-0.05, 0) is 61.6 Å². The summed E-state index contributed by atoms with van der Waals surface area (Å²) in [5, 5.41) is 8.71. The third kappa shape index (κ3) is 2.79. The average molecular weight is 243 g/mol. The normalized spacial score (nSPS) is 23.3. The molecule has 0 amide bonds. The van der Waals surface area contributed by atoms with Crippen LogP contribution < -0.4 is 0 Å². The molecule has 0 bridgehead atoms. The second-order valence-corrected chi connectivity index (χ2v) is 5.09. The molecule has 0 saturated heterocycles. The molecule has 0 heterocycles. The maximum atomic E-state index is 13.6. The molecule has 2 heteroatoms. The van der Waals surface area contributed by atoms with Gasteiger partial charge in [0.2, 0.25) is 0 Å². The first-order chi connectivity index (χ1) is 8.74. The molecule has 1 fully saturated rings.